The molecule has 0 bridgehead atoms. The summed E-state index contributed by atoms with van der Waals surface area (Å²) in [6.45, 7) is 1.74. The minimum Gasteiger partial charge on any atom is -0.398 e. The molecule has 0 fully saturated rings. The zero-order chi connectivity index (χ0) is 13.9. The number of benzene rings is 2. The molecule has 2 rings (SSSR count). The summed E-state index contributed by atoms with van der Waals surface area (Å²) in [4.78, 5) is 0.649. The summed E-state index contributed by atoms with van der Waals surface area (Å²) < 4.78 is 13.2. The van der Waals surface area contributed by atoms with Crippen molar-refractivity contribution < 1.29 is 9.50 Å². The van der Waals surface area contributed by atoms with Crippen LogP contribution in [0.3, 0.4) is 0 Å². The number of nitrogen functional groups attached to an aromatic ring is 1. The lowest BCUT2D eigenvalue weighted by molar-refractivity contribution is 0.0839. The average Bonchev–Trinajstić information content (AvgIpc) is 2.41. The van der Waals surface area contributed by atoms with Crippen molar-refractivity contribution in [3.63, 3.8) is 0 Å². The highest BCUT2D eigenvalue weighted by atomic mass is 32.2. The second-order valence-corrected chi connectivity index (χ2v) is 5.63. The van der Waals surface area contributed by atoms with Crippen LogP contribution in [0.5, 0.6) is 0 Å². The van der Waals surface area contributed by atoms with Gasteiger partial charge in [-0.2, -0.15) is 0 Å². The maximum absolute atomic E-state index is 13.2. The van der Waals surface area contributed by atoms with Gasteiger partial charge in [-0.3, -0.25) is 0 Å². The van der Waals surface area contributed by atoms with Gasteiger partial charge in [-0.05, 0) is 30.7 Å². The van der Waals surface area contributed by atoms with Gasteiger partial charge in [0.2, 0.25) is 0 Å². The normalized spacial score (nSPS) is 14.1. The molecule has 0 aliphatic carbocycles. The Kier molecular flexibility index (Phi) is 4.12. The van der Waals surface area contributed by atoms with E-state index < -0.39 is 5.60 Å². The quantitative estimate of drug-likeness (QED) is 0.665. The molecule has 2 aromatic carbocycles. The van der Waals surface area contributed by atoms with E-state index in [-0.39, 0.29) is 5.82 Å². The van der Waals surface area contributed by atoms with E-state index in [9.17, 15) is 9.50 Å². The second kappa shape index (κ2) is 5.63. The molecule has 0 saturated heterocycles. The Morgan fingerprint density at radius 1 is 1.21 bits per heavy atom. The highest BCUT2D eigenvalue weighted by Crippen LogP contribution is 2.32. The Balaban J connectivity index is 2.12. The van der Waals surface area contributed by atoms with Crippen LogP contribution in [0.25, 0.3) is 0 Å². The Hall–Kier alpha value is -1.52. The third-order valence-corrected chi connectivity index (χ3v) is 4.25. The van der Waals surface area contributed by atoms with Crippen molar-refractivity contribution in [2.24, 2.45) is 0 Å². The zero-order valence-electron chi connectivity index (χ0n) is 10.6. The summed E-state index contributed by atoms with van der Waals surface area (Å²) in [5.74, 6) is 0.0843. The zero-order valence-corrected chi connectivity index (χ0v) is 11.5. The first-order chi connectivity index (χ1) is 8.99. The van der Waals surface area contributed by atoms with Crippen molar-refractivity contribution in [3.05, 3.63) is 59.9 Å². The van der Waals surface area contributed by atoms with E-state index in [1.165, 1.54) is 30.0 Å². The van der Waals surface area contributed by atoms with Crippen molar-refractivity contribution >= 4 is 17.4 Å². The summed E-state index contributed by atoms with van der Waals surface area (Å²) in [6, 6.07) is 13.7. The fourth-order valence-corrected chi connectivity index (χ4v) is 2.77. The third-order valence-electron chi connectivity index (χ3n) is 2.88. The Bertz CT molecular complexity index is 557. The van der Waals surface area contributed by atoms with Gasteiger partial charge in [0.1, 0.15) is 5.82 Å². The van der Waals surface area contributed by atoms with Gasteiger partial charge in [-0.15, -0.1) is 11.8 Å². The van der Waals surface area contributed by atoms with Gasteiger partial charge in [-0.25, -0.2) is 4.39 Å². The summed E-state index contributed by atoms with van der Waals surface area (Å²) in [5.41, 5.74) is 6.16. The summed E-state index contributed by atoms with van der Waals surface area (Å²) in [7, 11) is 0. The minimum atomic E-state index is -0.981. The molecule has 0 amide bonds. The van der Waals surface area contributed by atoms with Gasteiger partial charge >= 0.3 is 0 Å². The molecule has 0 aliphatic rings. The maximum Gasteiger partial charge on any atom is 0.124 e. The van der Waals surface area contributed by atoms with Crippen molar-refractivity contribution in [1.29, 1.82) is 0 Å². The number of hydrogen-bond donors (Lipinski definition) is 2. The summed E-state index contributed by atoms with van der Waals surface area (Å²) >= 11 is 1.35. The van der Waals surface area contributed by atoms with Crippen LogP contribution in [0.15, 0.2) is 53.4 Å². The van der Waals surface area contributed by atoms with Crippen LogP contribution in [-0.4, -0.2) is 10.9 Å². The number of aliphatic hydroxyl groups is 1. The standard InChI is InChI=1S/C15H16FNOS/c1-15(18,11-5-3-2-4-6-11)10-19-14-9-12(16)7-8-13(14)17/h2-9,18H,10,17H2,1H3. The SMILES string of the molecule is CC(O)(CSc1cc(F)ccc1N)c1ccccc1. The molecule has 0 spiro atoms. The van der Waals surface area contributed by atoms with E-state index in [0.29, 0.717) is 16.3 Å². The molecular weight excluding hydrogens is 261 g/mol. The maximum atomic E-state index is 13.2. The molecule has 0 heterocycles. The van der Waals surface area contributed by atoms with Crippen LogP contribution >= 0.6 is 11.8 Å². The third kappa shape index (κ3) is 3.49. The molecule has 2 nitrogen and oxygen atoms in total. The molecule has 0 aliphatic heterocycles. The van der Waals surface area contributed by atoms with Crippen LogP contribution in [0, 0.1) is 5.82 Å². The average molecular weight is 277 g/mol. The lowest BCUT2D eigenvalue weighted by atomic mass is 9.99. The smallest absolute Gasteiger partial charge is 0.124 e. The monoisotopic (exact) mass is 277 g/mol. The van der Waals surface area contributed by atoms with E-state index in [0.717, 1.165) is 5.56 Å². The fourth-order valence-electron chi connectivity index (χ4n) is 1.73. The van der Waals surface area contributed by atoms with Crippen LogP contribution in [0.4, 0.5) is 10.1 Å². The number of rotatable bonds is 4. The summed E-state index contributed by atoms with van der Waals surface area (Å²) in [6.07, 6.45) is 0. The molecule has 4 heteroatoms. The largest absolute Gasteiger partial charge is 0.398 e. The topological polar surface area (TPSA) is 46.2 Å². The number of nitrogens with two attached hydrogens (primary N) is 1. The minimum absolute atomic E-state index is 0.323. The first kappa shape index (κ1) is 13.9. The van der Waals surface area contributed by atoms with Gasteiger partial charge in [0.15, 0.2) is 0 Å². The van der Waals surface area contributed by atoms with E-state index in [2.05, 4.69) is 0 Å². The van der Waals surface area contributed by atoms with Gasteiger partial charge in [0.05, 0.1) is 5.60 Å². The van der Waals surface area contributed by atoms with E-state index in [1.807, 2.05) is 30.3 Å². The van der Waals surface area contributed by atoms with E-state index in [1.54, 1.807) is 6.92 Å². The van der Waals surface area contributed by atoms with Crippen molar-refractivity contribution in [3.8, 4) is 0 Å². The van der Waals surface area contributed by atoms with E-state index in [4.69, 9.17) is 5.73 Å². The van der Waals surface area contributed by atoms with Gasteiger partial charge in [0, 0.05) is 16.3 Å². The lowest BCUT2D eigenvalue weighted by Gasteiger charge is -2.23. The molecule has 3 N–H and O–H groups in total. The Morgan fingerprint density at radius 3 is 2.58 bits per heavy atom. The summed E-state index contributed by atoms with van der Waals surface area (Å²) in [5, 5.41) is 10.5. The molecule has 1 atom stereocenters. The molecule has 0 saturated carbocycles. The van der Waals surface area contributed by atoms with Crippen molar-refractivity contribution in [2.75, 3.05) is 11.5 Å². The first-order valence-electron chi connectivity index (χ1n) is 5.95. The molecule has 0 radical (unpaired) electrons. The second-order valence-electron chi connectivity index (χ2n) is 4.61. The van der Waals surface area contributed by atoms with Gasteiger partial charge < -0.3 is 10.8 Å². The molecule has 19 heavy (non-hydrogen) atoms. The van der Waals surface area contributed by atoms with Crippen LogP contribution in [-0.2, 0) is 5.60 Å². The highest BCUT2D eigenvalue weighted by molar-refractivity contribution is 7.99. The number of halogens is 1. The number of anilines is 1. The molecule has 2 aromatic rings. The van der Waals surface area contributed by atoms with Crippen molar-refractivity contribution in [2.45, 2.75) is 17.4 Å². The Morgan fingerprint density at radius 2 is 1.89 bits per heavy atom. The first-order valence-corrected chi connectivity index (χ1v) is 6.93. The Labute approximate surface area is 116 Å². The van der Waals surface area contributed by atoms with Crippen LogP contribution in [0.1, 0.15) is 12.5 Å². The van der Waals surface area contributed by atoms with Gasteiger partial charge in [-0.1, -0.05) is 30.3 Å². The number of hydrogen-bond acceptors (Lipinski definition) is 3. The van der Waals surface area contributed by atoms with Crippen LogP contribution in [0.2, 0.25) is 0 Å². The molecule has 1 unspecified atom stereocenters. The molecule has 100 valence electrons. The van der Waals surface area contributed by atoms with Gasteiger partial charge in [0.25, 0.3) is 0 Å². The fraction of sp³-hybridized carbons (Fsp3) is 0.200. The predicted molar refractivity (Wildman–Crippen MR) is 77.5 cm³/mol. The lowest BCUT2D eigenvalue weighted by Crippen LogP contribution is -2.24. The predicted octanol–water partition coefficient (Wildman–Crippen LogP) is 3.41. The highest BCUT2D eigenvalue weighted by Gasteiger charge is 2.23. The van der Waals surface area contributed by atoms with Crippen LogP contribution < -0.4 is 5.73 Å². The molecular formula is C15H16FNOS. The molecule has 0 aromatic heterocycles. The number of thioether (sulfide) groups is 1. The van der Waals surface area contributed by atoms with Crippen molar-refractivity contribution in [1.82, 2.24) is 0 Å². The van der Waals surface area contributed by atoms with E-state index >= 15 is 0 Å².